The molecule has 2 aromatic heterocycles. The van der Waals surface area contributed by atoms with Gasteiger partial charge in [0.2, 0.25) is 0 Å². The van der Waals surface area contributed by atoms with E-state index in [2.05, 4.69) is 34.5 Å². The molecule has 0 saturated heterocycles. The average molecular weight is 257 g/mol. The minimum absolute atomic E-state index is 0.613. The van der Waals surface area contributed by atoms with Crippen LogP contribution >= 0.6 is 0 Å². The van der Waals surface area contributed by atoms with Gasteiger partial charge in [0.05, 0.1) is 0 Å². The maximum absolute atomic E-state index is 4.34. The molecule has 0 spiro atoms. The van der Waals surface area contributed by atoms with Crippen LogP contribution in [0.25, 0.3) is 11.0 Å². The van der Waals surface area contributed by atoms with Crippen LogP contribution in [0.2, 0.25) is 0 Å². The number of hydrogen-bond donors (Lipinski definition) is 2. The number of rotatable bonds is 4. The van der Waals surface area contributed by atoms with Gasteiger partial charge in [0.25, 0.3) is 0 Å². The molecule has 1 aliphatic carbocycles. The third kappa shape index (κ3) is 2.81. The molecule has 0 aromatic carbocycles. The van der Waals surface area contributed by atoms with E-state index in [4.69, 9.17) is 0 Å². The Morgan fingerprint density at radius 2 is 2.21 bits per heavy atom. The van der Waals surface area contributed by atoms with E-state index < -0.39 is 0 Å². The van der Waals surface area contributed by atoms with Gasteiger partial charge in [0.15, 0.2) is 0 Å². The predicted octanol–water partition coefficient (Wildman–Crippen LogP) is 3.62. The summed E-state index contributed by atoms with van der Waals surface area (Å²) >= 11 is 0. The summed E-state index contributed by atoms with van der Waals surface area (Å²) < 4.78 is 0. The fraction of sp³-hybridized carbons (Fsp3) is 0.562. The first-order chi connectivity index (χ1) is 9.34. The zero-order valence-corrected chi connectivity index (χ0v) is 11.7. The van der Waals surface area contributed by atoms with Crippen LogP contribution < -0.4 is 5.32 Å². The Morgan fingerprint density at radius 1 is 1.37 bits per heavy atom. The molecule has 19 heavy (non-hydrogen) atoms. The van der Waals surface area contributed by atoms with Gasteiger partial charge in [0, 0.05) is 30.4 Å². The van der Waals surface area contributed by atoms with Gasteiger partial charge in [-0.3, -0.25) is 0 Å². The SMILES string of the molecule is C[C@H](NCc1c[nH]c2ncccc12)C1CCCCC1. The number of nitrogens with zero attached hydrogens (tertiary/aromatic N) is 1. The van der Waals surface area contributed by atoms with Crippen LogP contribution in [-0.2, 0) is 6.54 Å². The van der Waals surface area contributed by atoms with Crippen molar-refractivity contribution in [3.05, 3.63) is 30.1 Å². The number of hydrogen-bond acceptors (Lipinski definition) is 2. The van der Waals surface area contributed by atoms with Crippen molar-refractivity contribution < 1.29 is 0 Å². The first-order valence-corrected chi connectivity index (χ1v) is 7.49. The summed E-state index contributed by atoms with van der Waals surface area (Å²) in [4.78, 5) is 7.58. The predicted molar refractivity (Wildman–Crippen MR) is 79.0 cm³/mol. The van der Waals surface area contributed by atoms with E-state index in [1.807, 2.05) is 12.3 Å². The number of nitrogens with one attached hydrogen (secondary N) is 2. The van der Waals surface area contributed by atoms with Gasteiger partial charge in [-0.2, -0.15) is 0 Å². The highest BCUT2D eigenvalue weighted by Gasteiger charge is 2.19. The second-order valence-corrected chi connectivity index (χ2v) is 5.78. The molecule has 2 aromatic rings. The first kappa shape index (κ1) is 12.7. The second kappa shape index (κ2) is 5.74. The van der Waals surface area contributed by atoms with Crippen LogP contribution in [0.1, 0.15) is 44.6 Å². The molecule has 2 heterocycles. The van der Waals surface area contributed by atoms with Gasteiger partial charge in [-0.05, 0) is 43.4 Å². The highest BCUT2D eigenvalue weighted by Crippen LogP contribution is 2.26. The lowest BCUT2D eigenvalue weighted by Gasteiger charge is -2.28. The van der Waals surface area contributed by atoms with Gasteiger partial charge in [-0.1, -0.05) is 19.3 Å². The number of aromatic nitrogens is 2. The van der Waals surface area contributed by atoms with Crippen molar-refractivity contribution >= 4 is 11.0 Å². The second-order valence-electron chi connectivity index (χ2n) is 5.78. The number of pyridine rings is 1. The van der Waals surface area contributed by atoms with E-state index in [-0.39, 0.29) is 0 Å². The Balaban J connectivity index is 1.62. The minimum atomic E-state index is 0.613. The monoisotopic (exact) mass is 257 g/mol. The van der Waals surface area contributed by atoms with Crippen LogP contribution in [0.5, 0.6) is 0 Å². The lowest BCUT2D eigenvalue weighted by Crippen LogP contribution is -2.34. The zero-order chi connectivity index (χ0) is 13.1. The van der Waals surface area contributed by atoms with E-state index >= 15 is 0 Å². The zero-order valence-electron chi connectivity index (χ0n) is 11.7. The molecule has 1 fully saturated rings. The Morgan fingerprint density at radius 3 is 3.05 bits per heavy atom. The molecule has 3 heteroatoms. The molecule has 2 N–H and O–H groups in total. The van der Waals surface area contributed by atoms with Crippen LogP contribution in [0, 0.1) is 5.92 Å². The fourth-order valence-corrected chi connectivity index (χ4v) is 3.23. The van der Waals surface area contributed by atoms with Crippen LogP contribution in [0.3, 0.4) is 0 Å². The molecule has 0 aliphatic heterocycles. The van der Waals surface area contributed by atoms with Gasteiger partial charge in [-0.25, -0.2) is 4.98 Å². The van der Waals surface area contributed by atoms with Gasteiger partial charge in [-0.15, -0.1) is 0 Å². The summed E-state index contributed by atoms with van der Waals surface area (Å²) in [6.45, 7) is 3.27. The average Bonchev–Trinajstić information content (AvgIpc) is 2.89. The summed E-state index contributed by atoms with van der Waals surface area (Å²) in [5.41, 5.74) is 2.32. The number of H-pyrrole nitrogens is 1. The Bertz CT molecular complexity index is 526. The molecule has 1 saturated carbocycles. The van der Waals surface area contributed by atoms with E-state index in [0.29, 0.717) is 6.04 Å². The third-order valence-corrected chi connectivity index (χ3v) is 4.51. The molecule has 0 amide bonds. The molecule has 1 atom stereocenters. The summed E-state index contributed by atoms with van der Waals surface area (Å²) in [5.74, 6) is 0.858. The van der Waals surface area contributed by atoms with E-state index in [0.717, 1.165) is 18.1 Å². The Hall–Kier alpha value is -1.35. The third-order valence-electron chi connectivity index (χ3n) is 4.51. The van der Waals surface area contributed by atoms with Crippen molar-refractivity contribution in [2.75, 3.05) is 0 Å². The molecule has 0 radical (unpaired) electrons. The summed E-state index contributed by atoms with van der Waals surface area (Å²) in [6.07, 6.45) is 10.9. The molecule has 0 bridgehead atoms. The lowest BCUT2D eigenvalue weighted by atomic mass is 9.84. The van der Waals surface area contributed by atoms with Crippen molar-refractivity contribution in [2.45, 2.75) is 51.6 Å². The molecule has 3 rings (SSSR count). The minimum Gasteiger partial charge on any atom is -0.346 e. The van der Waals surface area contributed by atoms with E-state index in [9.17, 15) is 0 Å². The van der Waals surface area contributed by atoms with Crippen LogP contribution in [-0.4, -0.2) is 16.0 Å². The number of fused-ring (bicyclic) bond motifs is 1. The summed E-state index contributed by atoms with van der Waals surface area (Å²) in [6, 6.07) is 4.76. The van der Waals surface area contributed by atoms with Crippen molar-refractivity contribution in [1.29, 1.82) is 0 Å². The highest BCUT2D eigenvalue weighted by atomic mass is 14.9. The lowest BCUT2D eigenvalue weighted by molar-refractivity contribution is 0.281. The fourth-order valence-electron chi connectivity index (χ4n) is 3.23. The van der Waals surface area contributed by atoms with Gasteiger partial charge < -0.3 is 10.3 Å². The van der Waals surface area contributed by atoms with Gasteiger partial charge in [0.1, 0.15) is 5.65 Å². The summed E-state index contributed by atoms with van der Waals surface area (Å²) in [7, 11) is 0. The normalized spacial score (nSPS) is 18.8. The topological polar surface area (TPSA) is 40.7 Å². The summed E-state index contributed by atoms with van der Waals surface area (Å²) in [5, 5.41) is 4.94. The maximum atomic E-state index is 4.34. The molecule has 3 nitrogen and oxygen atoms in total. The molecule has 1 aliphatic rings. The van der Waals surface area contributed by atoms with Crippen LogP contribution in [0.15, 0.2) is 24.5 Å². The van der Waals surface area contributed by atoms with Crippen molar-refractivity contribution in [3.8, 4) is 0 Å². The maximum Gasteiger partial charge on any atom is 0.137 e. The smallest absolute Gasteiger partial charge is 0.137 e. The molecule has 0 unspecified atom stereocenters. The molecular weight excluding hydrogens is 234 g/mol. The molecule has 102 valence electrons. The first-order valence-electron chi connectivity index (χ1n) is 7.49. The van der Waals surface area contributed by atoms with Crippen molar-refractivity contribution in [3.63, 3.8) is 0 Å². The Kier molecular flexibility index (Phi) is 3.83. The molecular formula is C16H23N3. The van der Waals surface area contributed by atoms with Crippen molar-refractivity contribution in [2.24, 2.45) is 5.92 Å². The number of aromatic amines is 1. The highest BCUT2D eigenvalue weighted by molar-refractivity contribution is 5.79. The Labute approximate surface area is 114 Å². The van der Waals surface area contributed by atoms with Crippen molar-refractivity contribution in [1.82, 2.24) is 15.3 Å². The van der Waals surface area contributed by atoms with Gasteiger partial charge >= 0.3 is 0 Å². The quantitative estimate of drug-likeness (QED) is 0.878. The van der Waals surface area contributed by atoms with Crippen LogP contribution in [0.4, 0.5) is 0 Å². The standard InChI is InChI=1S/C16H23N3/c1-12(13-6-3-2-4-7-13)18-10-14-11-19-16-15(14)8-5-9-17-16/h5,8-9,11-13,18H,2-4,6-7,10H2,1H3,(H,17,19)/t12-/m0/s1. The largest absolute Gasteiger partial charge is 0.346 e. The van der Waals surface area contributed by atoms with E-state index in [1.54, 1.807) is 0 Å². The van der Waals surface area contributed by atoms with E-state index in [1.165, 1.54) is 43.1 Å².